The van der Waals surface area contributed by atoms with E-state index < -0.39 is 0 Å². The number of nitrogens with one attached hydrogen (secondary N) is 1. The summed E-state index contributed by atoms with van der Waals surface area (Å²) in [5.41, 5.74) is 2.65. The Balaban J connectivity index is 2.17. The summed E-state index contributed by atoms with van der Waals surface area (Å²) in [5, 5.41) is 14.5. The van der Waals surface area contributed by atoms with Gasteiger partial charge in [0.25, 0.3) is 5.91 Å². The Bertz CT molecular complexity index is 903. The first-order valence-corrected chi connectivity index (χ1v) is 7.75. The van der Waals surface area contributed by atoms with Crippen molar-refractivity contribution in [2.24, 2.45) is 0 Å². The molecule has 0 bridgehead atoms. The lowest BCUT2D eigenvalue weighted by Crippen LogP contribution is -2.24. The van der Waals surface area contributed by atoms with Crippen LogP contribution < -0.4 is 10.1 Å². The number of ether oxygens (including phenoxy) is 1. The van der Waals surface area contributed by atoms with Crippen molar-refractivity contribution in [3.63, 3.8) is 0 Å². The van der Waals surface area contributed by atoms with Crippen molar-refractivity contribution in [3.8, 4) is 22.6 Å². The van der Waals surface area contributed by atoms with Crippen LogP contribution >= 0.6 is 0 Å². The van der Waals surface area contributed by atoms with Gasteiger partial charge in [0.15, 0.2) is 6.61 Å². The Kier molecular flexibility index (Phi) is 4.38. The Morgan fingerprint density at radius 1 is 1.12 bits per heavy atom. The van der Waals surface area contributed by atoms with Crippen LogP contribution in [0.2, 0.25) is 0 Å². The second kappa shape index (κ2) is 6.62. The number of rotatable bonds is 4. The summed E-state index contributed by atoms with van der Waals surface area (Å²) in [6.45, 7) is 1.81. The number of phenols is 1. The molecule has 0 atom stereocenters. The van der Waals surface area contributed by atoms with Gasteiger partial charge in [0, 0.05) is 12.6 Å². The number of aryl methyl sites for hydroxylation is 1. The van der Waals surface area contributed by atoms with Gasteiger partial charge in [-0.1, -0.05) is 36.4 Å². The minimum Gasteiger partial charge on any atom is -0.508 e. The molecule has 0 heterocycles. The molecule has 4 nitrogen and oxygen atoms in total. The van der Waals surface area contributed by atoms with Gasteiger partial charge in [-0.05, 0) is 47.0 Å². The number of carbonyl (C=O) groups is 1. The first-order valence-electron chi connectivity index (χ1n) is 7.75. The molecule has 1 amide bonds. The summed E-state index contributed by atoms with van der Waals surface area (Å²) < 4.78 is 5.75. The standard InChI is InChI=1S/C20H19NO3/c1-13-11-15(7-9-17(13)22)20-16-6-4-3-5-14(16)8-10-18(20)24-12-19(23)21-2/h3-11,22H,12H2,1-2H3,(H,21,23). The lowest BCUT2D eigenvalue weighted by molar-refractivity contribution is -0.122. The van der Waals surface area contributed by atoms with Crippen molar-refractivity contribution in [2.45, 2.75) is 6.92 Å². The van der Waals surface area contributed by atoms with Crippen molar-refractivity contribution in [2.75, 3.05) is 13.7 Å². The van der Waals surface area contributed by atoms with E-state index in [2.05, 4.69) is 5.32 Å². The Labute approximate surface area is 140 Å². The summed E-state index contributed by atoms with van der Waals surface area (Å²) >= 11 is 0. The molecule has 0 aliphatic carbocycles. The van der Waals surface area contributed by atoms with Crippen LogP contribution in [-0.2, 0) is 4.79 Å². The molecule has 2 N–H and O–H groups in total. The highest BCUT2D eigenvalue weighted by atomic mass is 16.5. The summed E-state index contributed by atoms with van der Waals surface area (Å²) in [5.74, 6) is 0.713. The van der Waals surface area contributed by atoms with E-state index in [4.69, 9.17) is 4.74 Å². The van der Waals surface area contributed by atoms with Crippen LogP contribution in [0.25, 0.3) is 21.9 Å². The minimum absolute atomic E-state index is 0.0428. The zero-order valence-corrected chi connectivity index (χ0v) is 13.7. The monoisotopic (exact) mass is 321 g/mol. The fourth-order valence-corrected chi connectivity index (χ4v) is 2.70. The molecule has 0 aromatic heterocycles. The Morgan fingerprint density at radius 3 is 2.67 bits per heavy atom. The average molecular weight is 321 g/mol. The van der Waals surface area contributed by atoms with Crippen LogP contribution in [0, 0.1) is 6.92 Å². The van der Waals surface area contributed by atoms with Gasteiger partial charge in [0.05, 0.1) is 0 Å². The maximum absolute atomic E-state index is 11.5. The van der Waals surface area contributed by atoms with Crippen molar-refractivity contribution in [1.29, 1.82) is 0 Å². The largest absolute Gasteiger partial charge is 0.508 e. The molecule has 3 rings (SSSR count). The fraction of sp³-hybridized carbons (Fsp3) is 0.150. The van der Waals surface area contributed by atoms with Gasteiger partial charge < -0.3 is 15.2 Å². The number of amides is 1. The van der Waals surface area contributed by atoms with Crippen molar-refractivity contribution in [1.82, 2.24) is 5.32 Å². The average Bonchev–Trinajstić information content (AvgIpc) is 2.61. The zero-order chi connectivity index (χ0) is 17.1. The van der Waals surface area contributed by atoms with Crippen LogP contribution in [0.5, 0.6) is 11.5 Å². The summed E-state index contributed by atoms with van der Waals surface area (Å²) in [4.78, 5) is 11.5. The molecular weight excluding hydrogens is 302 g/mol. The topological polar surface area (TPSA) is 58.6 Å². The molecule has 0 aliphatic rings. The molecule has 0 saturated heterocycles. The second-order valence-corrected chi connectivity index (χ2v) is 5.62. The van der Waals surface area contributed by atoms with E-state index in [-0.39, 0.29) is 18.3 Å². The van der Waals surface area contributed by atoms with Crippen molar-refractivity contribution >= 4 is 16.7 Å². The number of hydrogen-bond donors (Lipinski definition) is 2. The molecule has 4 heteroatoms. The molecule has 3 aromatic rings. The molecule has 0 saturated carbocycles. The molecule has 0 unspecified atom stereocenters. The lowest BCUT2D eigenvalue weighted by Gasteiger charge is -2.15. The molecule has 3 aromatic carbocycles. The summed E-state index contributed by atoms with van der Waals surface area (Å²) in [6.07, 6.45) is 0. The molecule has 0 fully saturated rings. The van der Waals surface area contributed by atoms with Crippen LogP contribution in [0.4, 0.5) is 0 Å². The number of likely N-dealkylation sites (N-methyl/N-ethyl adjacent to an activating group) is 1. The number of hydrogen-bond acceptors (Lipinski definition) is 3. The predicted molar refractivity (Wildman–Crippen MR) is 95.3 cm³/mol. The van der Waals surface area contributed by atoms with E-state index in [0.29, 0.717) is 5.75 Å². The van der Waals surface area contributed by atoms with E-state index in [1.54, 1.807) is 13.1 Å². The molecule has 122 valence electrons. The lowest BCUT2D eigenvalue weighted by atomic mass is 9.96. The Hall–Kier alpha value is -3.01. The predicted octanol–water partition coefficient (Wildman–Crippen LogP) is 3.65. The van der Waals surface area contributed by atoms with Crippen LogP contribution in [0.15, 0.2) is 54.6 Å². The molecular formula is C20H19NO3. The Morgan fingerprint density at radius 2 is 1.92 bits per heavy atom. The maximum atomic E-state index is 11.5. The highest BCUT2D eigenvalue weighted by molar-refractivity contribution is 6.00. The molecule has 0 aliphatic heterocycles. The minimum atomic E-state index is -0.184. The number of fused-ring (bicyclic) bond motifs is 1. The third-order valence-corrected chi connectivity index (χ3v) is 4.01. The second-order valence-electron chi connectivity index (χ2n) is 5.62. The fourth-order valence-electron chi connectivity index (χ4n) is 2.70. The highest BCUT2D eigenvalue weighted by Gasteiger charge is 2.13. The van der Waals surface area contributed by atoms with Crippen LogP contribution in [0.1, 0.15) is 5.56 Å². The first-order chi connectivity index (χ1) is 11.6. The molecule has 0 spiro atoms. The van der Waals surface area contributed by atoms with Crippen molar-refractivity contribution in [3.05, 3.63) is 60.2 Å². The summed E-state index contributed by atoms with van der Waals surface area (Å²) in [7, 11) is 1.58. The highest BCUT2D eigenvalue weighted by Crippen LogP contribution is 2.38. The van der Waals surface area contributed by atoms with E-state index in [0.717, 1.165) is 27.5 Å². The van der Waals surface area contributed by atoms with Gasteiger partial charge in [-0.25, -0.2) is 0 Å². The van der Waals surface area contributed by atoms with E-state index in [1.807, 2.05) is 55.5 Å². The number of carbonyl (C=O) groups excluding carboxylic acids is 1. The van der Waals surface area contributed by atoms with E-state index in [1.165, 1.54) is 0 Å². The molecule has 0 radical (unpaired) electrons. The van der Waals surface area contributed by atoms with Gasteiger partial charge in [0.1, 0.15) is 11.5 Å². The first kappa shape index (κ1) is 15.9. The number of phenolic OH excluding ortho intramolecular Hbond substituents is 1. The van der Waals surface area contributed by atoms with Gasteiger partial charge in [0.2, 0.25) is 0 Å². The zero-order valence-electron chi connectivity index (χ0n) is 13.7. The van der Waals surface area contributed by atoms with Gasteiger partial charge >= 0.3 is 0 Å². The number of benzene rings is 3. The van der Waals surface area contributed by atoms with Crippen molar-refractivity contribution < 1.29 is 14.6 Å². The smallest absolute Gasteiger partial charge is 0.257 e. The van der Waals surface area contributed by atoms with Gasteiger partial charge in [-0.3, -0.25) is 4.79 Å². The van der Waals surface area contributed by atoms with Crippen LogP contribution in [0.3, 0.4) is 0 Å². The van der Waals surface area contributed by atoms with Gasteiger partial charge in [-0.15, -0.1) is 0 Å². The number of aromatic hydroxyl groups is 1. The van der Waals surface area contributed by atoms with E-state index >= 15 is 0 Å². The third-order valence-electron chi connectivity index (χ3n) is 4.01. The summed E-state index contributed by atoms with van der Waals surface area (Å²) in [6, 6.07) is 17.3. The normalized spacial score (nSPS) is 10.6. The van der Waals surface area contributed by atoms with Gasteiger partial charge in [-0.2, -0.15) is 0 Å². The SMILES string of the molecule is CNC(=O)COc1ccc2ccccc2c1-c1ccc(O)c(C)c1. The third kappa shape index (κ3) is 3.04. The maximum Gasteiger partial charge on any atom is 0.257 e. The quantitative estimate of drug-likeness (QED) is 0.771. The molecule has 24 heavy (non-hydrogen) atoms. The van der Waals surface area contributed by atoms with E-state index in [9.17, 15) is 9.90 Å². The van der Waals surface area contributed by atoms with Crippen LogP contribution in [-0.4, -0.2) is 24.7 Å².